The van der Waals surface area contributed by atoms with E-state index < -0.39 is 10.8 Å². The van der Waals surface area contributed by atoms with Crippen molar-refractivity contribution in [2.24, 2.45) is 0 Å². The molecule has 0 heterocycles. The third-order valence-electron chi connectivity index (χ3n) is 3.05. The number of rotatable bonds is 4. The summed E-state index contributed by atoms with van der Waals surface area (Å²) in [6, 6.07) is 25.0. The number of benzene rings is 3. The zero-order valence-electron chi connectivity index (χ0n) is 11.6. The molecule has 0 N–H and O–H groups in total. The van der Waals surface area contributed by atoms with Gasteiger partial charge < -0.3 is 0 Å². The molecule has 1 unspecified atom stereocenters. The summed E-state index contributed by atoms with van der Waals surface area (Å²) < 4.78 is 12.8. The van der Waals surface area contributed by atoms with Crippen molar-refractivity contribution in [1.82, 2.24) is 0 Å². The normalized spacial score (nSPS) is 12.0. The molecule has 1 nitrogen and oxygen atoms in total. The summed E-state index contributed by atoms with van der Waals surface area (Å²) in [6.07, 6.45) is 0. The maximum Gasteiger partial charge on any atom is 0.0861 e. The van der Waals surface area contributed by atoms with Crippen LogP contribution in [0, 0.1) is 0 Å². The lowest BCUT2D eigenvalue weighted by molar-refractivity contribution is 0.681. The van der Waals surface area contributed by atoms with E-state index in [1.54, 1.807) is 23.9 Å². The van der Waals surface area contributed by atoms with Gasteiger partial charge in [-0.3, -0.25) is 0 Å². The summed E-state index contributed by atoms with van der Waals surface area (Å²) in [7, 11) is -1.22. The Morgan fingerprint density at radius 1 is 0.773 bits per heavy atom. The Hall–Kier alpha value is -1.55. The van der Waals surface area contributed by atoms with Crippen molar-refractivity contribution in [3.05, 3.63) is 83.9 Å². The van der Waals surface area contributed by atoms with Crippen LogP contribution in [0.1, 0.15) is 0 Å². The molecule has 1 atom stereocenters. The quantitative estimate of drug-likeness (QED) is 0.607. The lowest BCUT2D eigenvalue weighted by atomic mass is 10.4. The Morgan fingerprint density at radius 3 is 2.14 bits per heavy atom. The first-order valence-electron chi connectivity index (χ1n) is 6.73. The monoisotopic (exact) mass is 344 g/mol. The molecule has 0 saturated heterocycles. The highest BCUT2D eigenvalue weighted by molar-refractivity contribution is 8.00. The fraction of sp³-hybridized carbons (Fsp3) is 0. The Balaban J connectivity index is 1.94. The number of hydrogen-bond acceptors (Lipinski definition) is 2. The molecule has 0 bridgehead atoms. The second-order valence-electron chi connectivity index (χ2n) is 4.58. The Bertz CT molecular complexity index is 786. The predicted octanol–water partition coefficient (Wildman–Crippen LogP) is 5.66. The van der Waals surface area contributed by atoms with E-state index in [1.807, 2.05) is 66.7 Å². The lowest BCUT2D eigenvalue weighted by Gasteiger charge is -2.09. The van der Waals surface area contributed by atoms with Gasteiger partial charge in [0.05, 0.1) is 15.7 Å². The van der Waals surface area contributed by atoms with Crippen molar-refractivity contribution in [3.63, 3.8) is 0 Å². The molecule has 0 aliphatic rings. The maximum absolute atomic E-state index is 12.8. The largest absolute Gasteiger partial charge is 0.249 e. The van der Waals surface area contributed by atoms with E-state index in [-0.39, 0.29) is 0 Å². The van der Waals surface area contributed by atoms with Crippen LogP contribution in [0.15, 0.2) is 98.4 Å². The van der Waals surface area contributed by atoms with E-state index in [0.29, 0.717) is 5.02 Å². The van der Waals surface area contributed by atoms with Crippen LogP contribution in [0.5, 0.6) is 0 Å². The smallest absolute Gasteiger partial charge is 0.0861 e. The zero-order valence-corrected chi connectivity index (χ0v) is 14.0. The predicted molar refractivity (Wildman–Crippen MR) is 93.1 cm³/mol. The van der Waals surface area contributed by atoms with Crippen molar-refractivity contribution in [2.75, 3.05) is 0 Å². The highest BCUT2D eigenvalue weighted by atomic mass is 35.5. The molecule has 0 fully saturated rings. The third-order valence-corrected chi connectivity index (χ3v) is 5.97. The first-order chi connectivity index (χ1) is 10.7. The molecule has 0 radical (unpaired) electrons. The summed E-state index contributed by atoms with van der Waals surface area (Å²) in [6.45, 7) is 0. The molecule has 0 spiro atoms. The summed E-state index contributed by atoms with van der Waals surface area (Å²) in [5.74, 6) is 0. The van der Waals surface area contributed by atoms with Crippen molar-refractivity contribution in [1.29, 1.82) is 0 Å². The fourth-order valence-electron chi connectivity index (χ4n) is 1.99. The minimum Gasteiger partial charge on any atom is -0.249 e. The van der Waals surface area contributed by atoms with Gasteiger partial charge in [0.2, 0.25) is 0 Å². The molecular formula is C18H13ClOS2. The molecular weight excluding hydrogens is 332 g/mol. The van der Waals surface area contributed by atoms with E-state index in [9.17, 15) is 4.21 Å². The Morgan fingerprint density at radius 2 is 1.41 bits per heavy atom. The van der Waals surface area contributed by atoms with E-state index in [2.05, 4.69) is 0 Å². The van der Waals surface area contributed by atoms with Crippen molar-refractivity contribution in [2.45, 2.75) is 19.6 Å². The van der Waals surface area contributed by atoms with Crippen LogP contribution in [0.4, 0.5) is 0 Å². The van der Waals surface area contributed by atoms with Crippen molar-refractivity contribution < 1.29 is 4.21 Å². The van der Waals surface area contributed by atoms with Gasteiger partial charge in [-0.15, -0.1) is 0 Å². The second-order valence-corrected chi connectivity index (χ2v) is 7.58. The fourth-order valence-corrected chi connectivity index (χ4v) is 4.42. The third kappa shape index (κ3) is 3.61. The first kappa shape index (κ1) is 15.3. The molecule has 110 valence electrons. The SMILES string of the molecule is O=S(c1ccc(Cl)cc1)c1ccccc1Sc1ccccc1. The topological polar surface area (TPSA) is 17.1 Å². The van der Waals surface area contributed by atoms with Crippen molar-refractivity contribution in [3.8, 4) is 0 Å². The minimum atomic E-state index is -1.22. The second kappa shape index (κ2) is 7.14. The van der Waals surface area contributed by atoms with Gasteiger partial charge in [-0.1, -0.05) is 53.7 Å². The van der Waals surface area contributed by atoms with Crippen LogP contribution < -0.4 is 0 Å². The molecule has 22 heavy (non-hydrogen) atoms. The van der Waals surface area contributed by atoms with E-state index >= 15 is 0 Å². The molecule has 3 rings (SSSR count). The van der Waals surface area contributed by atoms with Gasteiger partial charge in [0, 0.05) is 19.7 Å². The maximum atomic E-state index is 12.8. The number of halogens is 1. The molecule has 0 amide bonds. The molecule has 3 aromatic carbocycles. The Labute approximate surface area is 141 Å². The molecule has 0 aliphatic carbocycles. The van der Waals surface area contributed by atoms with E-state index in [1.165, 1.54) is 0 Å². The van der Waals surface area contributed by atoms with Gasteiger partial charge in [-0.2, -0.15) is 0 Å². The van der Waals surface area contributed by atoms with Crippen LogP contribution >= 0.6 is 23.4 Å². The average molecular weight is 345 g/mol. The van der Waals surface area contributed by atoms with Crippen LogP contribution in [-0.4, -0.2) is 4.21 Å². The molecule has 3 aromatic rings. The zero-order chi connectivity index (χ0) is 15.4. The number of hydrogen-bond donors (Lipinski definition) is 0. The lowest BCUT2D eigenvalue weighted by Crippen LogP contribution is -1.94. The standard InChI is InChI=1S/C18H13ClOS2/c19-14-10-12-16(13-11-14)22(20)18-9-5-4-8-17(18)21-15-6-2-1-3-7-15/h1-13H. The van der Waals surface area contributed by atoms with Crippen molar-refractivity contribution >= 4 is 34.2 Å². The van der Waals surface area contributed by atoms with Gasteiger partial charge in [0.25, 0.3) is 0 Å². The first-order valence-corrected chi connectivity index (χ1v) is 9.08. The minimum absolute atomic E-state index is 0.646. The van der Waals surface area contributed by atoms with Crippen LogP contribution in [-0.2, 0) is 10.8 Å². The highest BCUT2D eigenvalue weighted by Gasteiger charge is 2.12. The Kier molecular flexibility index (Phi) is 4.98. The van der Waals surface area contributed by atoms with Gasteiger partial charge in [0.1, 0.15) is 0 Å². The van der Waals surface area contributed by atoms with Gasteiger partial charge >= 0.3 is 0 Å². The molecule has 4 heteroatoms. The van der Waals surface area contributed by atoms with Crippen LogP contribution in [0.3, 0.4) is 0 Å². The van der Waals surface area contributed by atoms with Gasteiger partial charge in [-0.05, 0) is 48.5 Å². The summed E-state index contributed by atoms with van der Waals surface area (Å²) in [4.78, 5) is 3.70. The molecule has 0 aliphatic heterocycles. The summed E-state index contributed by atoms with van der Waals surface area (Å²) >= 11 is 7.52. The van der Waals surface area contributed by atoms with Gasteiger partial charge in [0.15, 0.2) is 0 Å². The van der Waals surface area contributed by atoms with Gasteiger partial charge in [-0.25, -0.2) is 4.21 Å². The van der Waals surface area contributed by atoms with E-state index in [4.69, 9.17) is 11.6 Å². The molecule has 0 aromatic heterocycles. The average Bonchev–Trinajstić information content (AvgIpc) is 2.56. The highest BCUT2D eigenvalue weighted by Crippen LogP contribution is 2.33. The molecule has 0 saturated carbocycles. The van der Waals surface area contributed by atoms with Crippen LogP contribution in [0.2, 0.25) is 5.02 Å². The summed E-state index contributed by atoms with van der Waals surface area (Å²) in [5.41, 5.74) is 0. The van der Waals surface area contributed by atoms with Crippen LogP contribution in [0.25, 0.3) is 0 Å². The summed E-state index contributed by atoms with van der Waals surface area (Å²) in [5, 5.41) is 0.646. The van der Waals surface area contributed by atoms with E-state index in [0.717, 1.165) is 19.6 Å².